The van der Waals surface area contributed by atoms with Crippen molar-refractivity contribution in [1.82, 2.24) is 20.1 Å². The monoisotopic (exact) mass is 718 g/mol. The third-order valence-corrected chi connectivity index (χ3v) is 10.1. The number of rotatable bonds is 8. The third kappa shape index (κ3) is 6.32. The molecule has 2 saturated heterocycles. The lowest BCUT2D eigenvalue weighted by Gasteiger charge is -2.38. The van der Waals surface area contributed by atoms with E-state index in [9.17, 15) is 18.8 Å². The van der Waals surface area contributed by atoms with E-state index < -0.39 is 29.6 Å². The number of piperazine rings is 1. The summed E-state index contributed by atoms with van der Waals surface area (Å²) in [5, 5.41) is 15.0. The molecular weight excluding hydrogens is 690 g/mol. The normalized spacial score (nSPS) is 19.3. The van der Waals surface area contributed by atoms with E-state index in [0.717, 1.165) is 0 Å². The molecular formula is C35H29ClF2N6O5S. The number of amides is 2. The molecule has 3 aromatic carbocycles. The molecule has 0 saturated carbocycles. The molecule has 4 heterocycles. The van der Waals surface area contributed by atoms with Gasteiger partial charge in [-0.1, -0.05) is 29.8 Å². The highest BCUT2D eigenvalue weighted by Crippen LogP contribution is 2.37. The quantitative estimate of drug-likeness (QED) is 0.226. The first-order valence-electron chi connectivity index (χ1n) is 15.6. The second kappa shape index (κ2) is 13.6. The van der Waals surface area contributed by atoms with Gasteiger partial charge in [-0.25, -0.2) is 28.1 Å². The second-order valence-corrected chi connectivity index (χ2v) is 13.2. The zero-order valence-electron chi connectivity index (χ0n) is 26.5. The van der Waals surface area contributed by atoms with Gasteiger partial charge in [-0.2, -0.15) is 0 Å². The Morgan fingerprint density at radius 2 is 1.88 bits per heavy atom. The van der Waals surface area contributed by atoms with Gasteiger partial charge in [0, 0.05) is 71.8 Å². The summed E-state index contributed by atoms with van der Waals surface area (Å²) >= 11 is 7.84. The molecule has 2 fully saturated rings. The molecule has 11 nitrogen and oxygen atoms in total. The minimum absolute atomic E-state index is 0.0985. The molecule has 0 bridgehead atoms. The molecule has 0 radical (unpaired) electrons. The smallest absolute Gasteiger partial charge is 0.338 e. The summed E-state index contributed by atoms with van der Waals surface area (Å²) in [6.07, 6.45) is 1.64. The van der Waals surface area contributed by atoms with Crippen molar-refractivity contribution in [2.24, 2.45) is 4.99 Å². The van der Waals surface area contributed by atoms with Gasteiger partial charge in [-0.15, -0.1) is 11.3 Å². The van der Waals surface area contributed by atoms with Crippen molar-refractivity contribution < 1.29 is 33.0 Å². The second-order valence-electron chi connectivity index (χ2n) is 11.9. The number of urea groups is 1. The maximum absolute atomic E-state index is 15.4. The van der Waals surface area contributed by atoms with Crippen LogP contribution in [0, 0.1) is 11.6 Å². The van der Waals surface area contributed by atoms with Crippen LogP contribution < -0.4 is 10.2 Å². The number of nitrogens with zero attached hydrogens (tertiary/aromatic N) is 5. The van der Waals surface area contributed by atoms with Crippen molar-refractivity contribution in [2.75, 3.05) is 44.7 Å². The van der Waals surface area contributed by atoms with Crippen molar-refractivity contribution in [3.63, 3.8) is 0 Å². The number of carboxylic acid groups (broad SMARTS) is 1. The number of methoxy groups -OCH3 is 1. The summed E-state index contributed by atoms with van der Waals surface area (Å²) in [5.41, 5.74) is 2.49. The molecule has 0 aliphatic carbocycles. The number of aliphatic imine (C=N–C) groups is 1. The molecule has 3 aliphatic heterocycles. The van der Waals surface area contributed by atoms with Gasteiger partial charge in [-0.05, 0) is 48.0 Å². The summed E-state index contributed by atoms with van der Waals surface area (Å²) < 4.78 is 34.6. The van der Waals surface area contributed by atoms with Crippen LogP contribution in [0.2, 0.25) is 5.02 Å². The van der Waals surface area contributed by atoms with Gasteiger partial charge in [0.15, 0.2) is 10.8 Å². The van der Waals surface area contributed by atoms with Crippen LogP contribution >= 0.6 is 22.9 Å². The lowest BCUT2D eigenvalue weighted by Crippen LogP contribution is -2.53. The standard InChI is InChI=1S/C35H29ClF2N6O5S/c1-49-34(47)29-28(40-31(32-39-10-13-50-32)41-30(29)25-8-6-21(37)14-26(25)36)18-42-11-12-43-23(16-42)17-44(35(43)48)22-7-9-24(27(38)15-22)19-2-4-20(5-3-19)33(45)46/h2-10,13-15,23,30H,11-12,16-18H2,1H3,(H,40,41)(H,45,46)/t23-,30-/m0/s1. The minimum atomic E-state index is -1.07. The summed E-state index contributed by atoms with van der Waals surface area (Å²) in [5.74, 6) is -2.33. The number of aromatic nitrogens is 1. The average Bonchev–Trinajstić information content (AvgIpc) is 3.76. The number of esters is 1. The predicted octanol–water partition coefficient (Wildman–Crippen LogP) is 5.58. The van der Waals surface area contributed by atoms with Crippen LogP contribution in [0.25, 0.3) is 11.1 Å². The molecule has 2 atom stereocenters. The van der Waals surface area contributed by atoms with E-state index in [2.05, 4.69) is 15.2 Å². The molecule has 2 N–H and O–H groups in total. The summed E-state index contributed by atoms with van der Waals surface area (Å²) in [6.45, 7) is 1.94. The maximum atomic E-state index is 15.4. The Hall–Kier alpha value is -5.18. The number of fused-ring (bicyclic) bond motifs is 1. The van der Waals surface area contributed by atoms with Crippen LogP contribution in [0.15, 0.2) is 88.5 Å². The fraction of sp³-hybridized carbons (Fsp3) is 0.229. The van der Waals surface area contributed by atoms with E-state index in [1.165, 1.54) is 54.8 Å². The largest absolute Gasteiger partial charge is 0.478 e. The molecule has 256 valence electrons. The van der Waals surface area contributed by atoms with Gasteiger partial charge in [0.1, 0.15) is 17.7 Å². The van der Waals surface area contributed by atoms with E-state index in [1.54, 1.807) is 45.6 Å². The number of aromatic carboxylic acids is 1. The lowest BCUT2D eigenvalue weighted by atomic mass is 9.95. The Labute approximate surface area is 294 Å². The highest BCUT2D eigenvalue weighted by Gasteiger charge is 2.42. The van der Waals surface area contributed by atoms with E-state index >= 15 is 4.39 Å². The predicted molar refractivity (Wildman–Crippen MR) is 183 cm³/mol. The van der Waals surface area contributed by atoms with Gasteiger partial charge in [0.25, 0.3) is 0 Å². The summed E-state index contributed by atoms with van der Waals surface area (Å²) in [4.78, 5) is 52.7. The number of hydrogen-bond donors (Lipinski definition) is 2. The van der Waals surface area contributed by atoms with Gasteiger partial charge in [0.2, 0.25) is 0 Å². The maximum Gasteiger partial charge on any atom is 0.338 e. The number of amidine groups is 1. The van der Waals surface area contributed by atoms with Gasteiger partial charge >= 0.3 is 18.0 Å². The fourth-order valence-electron chi connectivity index (χ4n) is 6.52. The van der Waals surface area contributed by atoms with Crippen LogP contribution in [0.4, 0.5) is 19.3 Å². The number of nitrogens with one attached hydrogen (secondary N) is 1. The van der Waals surface area contributed by atoms with Crippen molar-refractivity contribution in [2.45, 2.75) is 12.1 Å². The molecule has 7 rings (SSSR count). The van der Waals surface area contributed by atoms with Crippen LogP contribution in [-0.4, -0.2) is 89.6 Å². The zero-order valence-corrected chi connectivity index (χ0v) is 28.0. The van der Waals surface area contributed by atoms with Crippen LogP contribution in [0.5, 0.6) is 0 Å². The molecule has 0 spiro atoms. The fourth-order valence-corrected chi connectivity index (χ4v) is 7.38. The van der Waals surface area contributed by atoms with Crippen LogP contribution in [0.3, 0.4) is 0 Å². The molecule has 50 heavy (non-hydrogen) atoms. The molecule has 15 heteroatoms. The van der Waals surface area contributed by atoms with Crippen molar-refractivity contribution in [3.8, 4) is 11.1 Å². The third-order valence-electron chi connectivity index (χ3n) is 8.95. The number of carboxylic acids is 1. The first-order chi connectivity index (χ1) is 24.1. The van der Waals surface area contributed by atoms with Gasteiger partial charge in [0.05, 0.1) is 24.3 Å². The van der Waals surface area contributed by atoms with Crippen LogP contribution in [-0.2, 0) is 9.53 Å². The van der Waals surface area contributed by atoms with E-state index in [1.807, 2.05) is 0 Å². The highest BCUT2D eigenvalue weighted by atomic mass is 35.5. The minimum Gasteiger partial charge on any atom is -0.478 e. The number of ether oxygens (including phenoxy) is 1. The molecule has 1 aromatic heterocycles. The SMILES string of the molecule is COC(=O)C1=C(CN2CCN3C(=O)N(c4ccc(-c5ccc(C(=O)O)cc5)c(F)c4)C[C@@H]3C2)NC(c2nccs2)=N[C@H]1c1ccc(F)cc1Cl. The Morgan fingerprint density at radius 1 is 1.08 bits per heavy atom. The Kier molecular flexibility index (Phi) is 9.07. The summed E-state index contributed by atoms with van der Waals surface area (Å²) in [7, 11) is 1.28. The Balaban J connectivity index is 1.13. The van der Waals surface area contributed by atoms with E-state index in [0.29, 0.717) is 59.5 Å². The number of carbonyl (C=O) groups excluding carboxylic acids is 2. The number of halogens is 3. The Bertz CT molecular complexity index is 2060. The number of carbonyl (C=O) groups is 3. The van der Waals surface area contributed by atoms with Crippen molar-refractivity contribution in [3.05, 3.63) is 116 Å². The number of hydrogen-bond acceptors (Lipinski definition) is 9. The number of anilines is 1. The highest BCUT2D eigenvalue weighted by molar-refractivity contribution is 7.11. The van der Waals surface area contributed by atoms with Crippen molar-refractivity contribution >= 4 is 52.4 Å². The molecule has 3 aliphatic rings. The van der Waals surface area contributed by atoms with Crippen molar-refractivity contribution in [1.29, 1.82) is 0 Å². The average molecular weight is 719 g/mol. The van der Waals surface area contributed by atoms with Gasteiger partial charge in [-0.3, -0.25) is 14.8 Å². The van der Waals surface area contributed by atoms with E-state index in [4.69, 9.17) is 26.4 Å². The zero-order chi connectivity index (χ0) is 35.1. The first kappa shape index (κ1) is 33.3. The first-order valence-corrected chi connectivity index (χ1v) is 16.8. The summed E-state index contributed by atoms with van der Waals surface area (Å²) in [6, 6.07) is 13.1. The lowest BCUT2D eigenvalue weighted by molar-refractivity contribution is -0.136. The molecule has 2 amide bonds. The Morgan fingerprint density at radius 3 is 2.56 bits per heavy atom. The topological polar surface area (TPSA) is 128 Å². The molecule has 0 unspecified atom stereocenters. The van der Waals surface area contributed by atoms with E-state index in [-0.39, 0.29) is 40.3 Å². The number of benzene rings is 3. The number of thiazole rings is 1. The van der Waals surface area contributed by atoms with Crippen LogP contribution in [0.1, 0.15) is 27.0 Å². The molecule has 4 aromatic rings. The van der Waals surface area contributed by atoms with Gasteiger partial charge < -0.3 is 20.1 Å².